The van der Waals surface area contributed by atoms with Gasteiger partial charge in [-0.15, -0.1) is 0 Å². The fourth-order valence-corrected chi connectivity index (χ4v) is 3.95. The van der Waals surface area contributed by atoms with Crippen molar-refractivity contribution in [1.82, 2.24) is 10.6 Å². The molecule has 0 bridgehead atoms. The number of Topliss-reactive ketones (excluding diaryl/α,β-unsaturated/α-hetero) is 1. The molecule has 0 heterocycles. The Hall–Kier alpha value is -2.53. The Labute approximate surface area is 232 Å². The van der Waals surface area contributed by atoms with Gasteiger partial charge in [-0.1, -0.05) is 13.8 Å². The number of amides is 2. The van der Waals surface area contributed by atoms with Crippen LogP contribution in [0.4, 0.5) is 0 Å². The Kier molecular flexibility index (Phi) is 14.3. The molecule has 0 saturated carbocycles. The van der Waals surface area contributed by atoms with Crippen molar-refractivity contribution in [2.75, 3.05) is 19.8 Å². The third kappa shape index (κ3) is 15.6. The summed E-state index contributed by atoms with van der Waals surface area (Å²) in [5.74, 6) is -3.17. The summed E-state index contributed by atoms with van der Waals surface area (Å²) >= 11 is 0. The van der Waals surface area contributed by atoms with E-state index in [9.17, 15) is 34.2 Å². The predicted molar refractivity (Wildman–Crippen MR) is 146 cm³/mol. The monoisotopic (exact) mass is 558 g/mol. The number of hydrogen-bond acceptors (Lipinski definition) is 7. The first-order valence-corrected chi connectivity index (χ1v) is 13.4. The first-order chi connectivity index (χ1) is 17.6. The second-order valence-corrected chi connectivity index (χ2v) is 12.7. The van der Waals surface area contributed by atoms with Crippen molar-refractivity contribution >= 4 is 29.5 Å². The zero-order valence-electron chi connectivity index (χ0n) is 25.2. The highest BCUT2D eigenvalue weighted by atomic mass is 16.5. The van der Waals surface area contributed by atoms with Crippen molar-refractivity contribution in [2.24, 2.45) is 10.8 Å². The van der Waals surface area contributed by atoms with Crippen molar-refractivity contribution in [2.45, 2.75) is 118 Å². The van der Waals surface area contributed by atoms with Crippen LogP contribution in [-0.4, -0.2) is 76.8 Å². The van der Waals surface area contributed by atoms with Gasteiger partial charge in [0.2, 0.25) is 11.8 Å². The van der Waals surface area contributed by atoms with Gasteiger partial charge in [0.1, 0.15) is 11.8 Å². The molecule has 39 heavy (non-hydrogen) atoms. The second kappa shape index (κ2) is 15.3. The van der Waals surface area contributed by atoms with Crippen LogP contribution >= 0.6 is 0 Å². The fourth-order valence-electron chi connectivity index (χ4n) is 3.95. The van der Waals surface area contributed by atoms with Crippen LogP contribution < -0.4 is 10.6 Å². The van der Waals surface area contributed by atoms with Crippen molar-refractivity contribution in [3.63, 3.8) is 0 Å². The summed E-state index contributed by atoms with van der Waals surface area (Å²) in [5, 5.41) is 24.0. The molecule has 11 heteroatoms. The summed E-state index contributed by atoms with van der Waals surface area (Å²) in [6.45, 7) is 16.3. The van der Waals surface area contributed by atoms with E-state index in [4.69, 9.17) is 9.47 Å². The molecule has 11 nitrogen and oxygen atoms in total. The minimum absolute atomic E-state index is 0.00803. The molecule has 1 atom stereocenters. The number of ether oxygens (including phenoxy) is 2. The molecule has 0 aliphatic rings. The van der Waals surface area contributed by atoms with E-state index >= 15 is 0 Å². The van der Waals surface area contributed by atoms with Gasteiger partial charge in [-0.2, -0.15) is 0 Å². The third-order valence-electron chi connectivity index (χ3n) is 6.53. The Morgan fingerprint density at radius 3 is 1.82 bits per heavy atom. The van der Waals surface area contributed by atoms with Crippen molar-refractivity contribution in [3.05, 3.63) is 0 Å². The lowest BCUT2D eigenvalue weighted by Gasteiger charge is -2.32. The Balaban J connectivity index is 4.54. The predicted octanol–water partition coefficient (Wildman–Crippen LogP) is 3.33. The highest BCUT2D eigenvalue weighted by Crippen LogP contribution is 2.34. The zero-order chi connectivity index (χ0) is 30.7. The zero-order valence-corrected chi connectivity index (χ0v) is 25.2. The minimum atomic E-state index is -1.29. The topological polar surface area (TPSA) is 168 Å². The van der Waals surface area contributed by atoms with Gasteiger partial charge in [0.25, 0.3) is 0 Å². The van der Waals surface area contributed by atoms with Gasteiger partial charge >= 0.3 is 11.9 Å². The molecular formula is C28H50N2O9. The molecule has 1 unspecified atom stereocenters. The molecular weight excluding hydrogens is 508 g/mol. The van der Waals surface area contributed by atoms with E-state index in [-0.39, 0.29) is 44.1 Å². The number of carbonyl (C=O) groups excluding carboxylic acids is 3. The Bertz CT molecular complexity index is 863. The van der Waals surface area contributed by atoms with Gasteiger partial charge in [0, 0.05) is 24.8 Å². The smallest absolute Gasteiger partial charge is 0.326 e. The van der Waals surface area contributed by atoms with Gasteiger partial charge < -0.3 is 35.1 Å². The van der Waals surface area contributed by atoms with E-state index in [1.807, 2.05) is 27.7 Å². The summed E-state index contributed by atoms with van der Waals surface area (Å²) in [6, 6.07) is -1.29. The lowest BCUT2D eigenvalue weighted by molar-refractivity contribution is -0.151. The van der Waals surface area contributed by atoms with Crippen LogP contribution in [-0.2, 0) is 33.4 Å². The van der Waals surface area contributed by atoms with Crippen LogP contribution in [0.3, 0.4) is 0 Å². The largest absolute Gasteiger partial charge is 0.481 e. The number of ketones is 1. The number of rotatable bonds is 20. The first kappa shape index (κ1) is 36.5. The Morgan fingerprint density at radius 2 is 1.31 bits per heavy atom. The summed E-state index contributed by atoms with van der Waals surface area (Å²) < 4.78 is 11.8. The number of carboxylic acids is 2. The van der Waals surface area contributed by atoms with Crippen molar-refractivity contribution in [1.29, 1.82) is 0 Å². The normalized spacial score (nSPS) is 13.5. The highest BCUT2D eigenvalue weighted by molar-refractivity contribution is 5.88. The number of carbonyl (C=O) groups is 5. The maximum atomic E-state index is 12.7. The van der Waals surface area contributed by atoms with Crippen LogP contribution in [0.1, 0.15) is 101 Å². The number of hydrogen-bond donors (Lipinski definition) is 4. The molecule has 0 spiro atoms. The molecule has 0 aromatic heterocycles. The maximum Gasteiger partial charge on any atom is 0.326 e. The summed E-state index contributed by atoms with van der Waals surface area (Å²) in [4.78, 5) is 59.2. The van der Waals surface area contributed by atoms with Gasteiger partial charge in [-0.3, -0.25) is 14.4 Å². The van der Waals surface area contributed by atoms with Gasteiger partial charge in [-0.05, 0) is 74.1 Å². The highest BCUT2D eigenvalue weighted by Gasteiger charge is 2.40. The molecule has 0 radical (unpaired) electrons. The molecule has 0 rings (SSSR count). The standard InChI is InChI=1S/C28H50N2O9/c1-19(31)12-13-27(6,7)38-16-14-28(8,9)39-17-15-29-21(32)11-10-20(22(33)34)30-23(35)25(2,3)18-26(4,5)24(36)37/h20H,10-18H2,1-9H3,(H,29,32)(H,30,35)(H,33,34)(H,36,37). The molecule has 226 valence electrons. The molecule has 0 aliphatic heterocycles. The number of aliphatic carboxylic acids is 2. The van der Waals surface area contributed by atoms with Crippen molar-refractivity contribution < 1.29 is 43.7 Å². The lowest BCUT2D eigenvalue weighted by atomic mass is 9.74. The fraction of sp³-hybridized carbons (Fsp3) is 0.821. The molecule has 0 aromatic carbocycles. The molecule has 4 N–H and O–H groups in total. The van der Waals surface area contributed by atoms with E-state index in [1.54, 1.807) is 20.8 Å². The first-order valence-electron chi connectivity index (χ1n) is 13.4. The van der Waals surface area contributed by atoms with Gasteiger partial charge in [0.15, 0.2) is 0 Å². The van der Waals surface area contributed by atoms with E-state index in [2.05, 4.69) is 10.6 Å². The van der Waals surface area contributed by atoms with E-state index < -0.39 is 45.9 Å². The van der Waals surface area contributed by atoms with Crippen LogP contribution in [0.2, 0.25) is 0 Å². The van der Waals surface area contributed by atoms with Gasteiger partial charge in [-0.25, -0.2) is 4.79 Å². The quantitative estimate of drug-likeness (QED) is 0.164. The van der Waals surface area contributed by atoms with Crippen LogP contribution in [0, 0.1) is 10.8 Å². The van der Waals surface area contributed by atoms with E-state index in [0.29, 0.717) is 25.9 Å². The molecule has 2 amide bonds. The van der Waals surface area contributed by atoms with Gasteiger partial charge in [0.05, 0.1) is 29.8 Å². The molecule has 0 aromatic rings. The molecule has 0 saturated heterocycles. The Morgan fingerprint density at radius 1 is 0.769 bits per heavy atom. The third-order valence-corrected chi connectivity index (χ3v) is 6.53. The van der Waals surface area contributed by atoms with Crippen molar-refractivity contribution in [3.8, 4) is 0 Å². The van der Waals surface area contributed by atoms with Crippen LogP contribution in [0.25, 0.3) is 0 Å². The maximum absolute atomic E-state index is 12.7. The number of nitrogens with one attached hydrogen (secondary N) is 2. The van der Waals surface area contributed by atoms with Crippen LogP contribution in [0.15, 0.2) is 0 Å². The minimum Gasteiger partial charge on any atom is -0.481 e. The lowest BCUT2D eigenvalue weighted by Crippen LogP contribution is -2.48. The van der Waals surface area contributed by atoms with E-state index in [1.165, 1.54) is 13.8 Å². The van der Waals surface area contributed by atoms with E-state index in [0.717, 1.165) is 0 Å². The average Bonchev–Trinajstić information content (AvgIpc) is 2.76. The number of carboxylic acid groups (broad SMARTS) is 2. The molecule has 0 aliphatic carbocycles. The SMILES string of the molecule is CC(=O)CCC(C)(C)OCCC(C)(C)OCCNC(=O)CCC(NC(=O)C(C)(C)CC(C)(C)C(=O)O)C(=O)O. The summed E-state index contributed by atoms with van der Waals surface area (Å²) in [7, 11) is 0. The molecule has 0 fully saturated rings. The van der Waals surface area contributed by atoms with Crippen LogP contribution in [0.5, 0.6) is 0 Å². The second-order valence-electron chi connectivity index (χ2n) is 12.7. The summed E-state index contributed by atoms with van der Waals surface area (Å²) in [6.07, 6.45) is 1.50. The summed E-state index contributed by atoms with van der Waals surface area (Å²) in [5.41, 5.74) is -3.21. The average molecular weight is 559 g/mol.